The van der Waals surface area contributed by atoms with Gasteiger partial charge in [0, 0.05) is 26.2 Å². The molecule has 1 amide bonds. The van der Waals surface area contributed by atoms with E-state index in [9.17, 15) is 13.2 Å². The fourth-order valence-electron chi connectivity index (χ4n) is 3.50. The van der Waals surface area contributed by atoms with Gasteiger partial charge in [-0.1, -0.05) is 41.9 Å². The normalized spacial score (nSPS) is 15.7. The number of carbonyl (C=O) groups is 1. The summed E-state index contributed by atoms with van der Waals surface area (Å²) in [4.78, 5) is 15.1. The average Bonchev–Trinajstić information content (AvgIpc) is 2.81. The van der Waals surface area contributed by atoms with Gasteiger partial charge >= 0.3 is 0 Å². The maximum absolute atomic E-state index is 13.1. The molecule has 0 aliphatic carbocycles. The second kappa shape index (κ2) is 12.3. The van der Waals surface area contributed by atoms with Crippen molar-refractivity contribution in [2.24, 2.45) is 0 Å². The lowest BCUT2D eigenvalue weighted by molar-refractivity contribution is -0.122. The van der Waals surface area contributed by atoms with Crippen molar-refractivity contribution in [3.05, 3.63) is 59.1 Å². The first-order chi connectivity index (χ1) is 15.9. The summed E-state index contributed by atoms with van der Waals surface area (Å²) in [6, 6.07) is 12.5. The molecule has 0 bridgehead atoms. The van der Waals surface area contributed by atoms with E-state index >= 15 is 0 Å². The van der Waals surface area contributed by atoms with Gasteiger partial charge in [-0.05, 0) is 37.1 Å². The van der Waals surface area contributed by atoms with Crippen molar-refractivity contribution >= 4 is 27.5 Å². The fraction of sp³-hybridized carbons (Fsp3) is 0.435. The first-order valence-electron chi connectivity index (χ1n) is 11.0. The summed E-state index contributed by atoms with van der Waals surface area (Å²) in [5, 5.41) is 3.06. The Morgan fingerprint density at radius 2 is 1.91 bits per heavy atom. The molecule has 1 aliphatic heterocycles. The van der Waals surface area contributed by atoms with Gasteiger partial charge < -0.3 is 14.8 Å². The molecular weight excluding hydrogens is 466 g/mol. The van der Waals surface area contributed by atoms with Gasteiger partial charge in [-0.15, -0.1) is 0 Å². The summed E-state index contributed by atoms with van der Waals surface area (Å²) in [6.45, 7) is 6.30. The van der Waals surface area contributed by atoms with Gasteiger partial charge in [0.25, 0.3) is 0 Å². The number of hydrogen-bond acceptors (Lipinski definition) is 6. The molecule has 33 heavy (non-hydrogen) atoms. The van der Waals surface area contributed by atoms with Crippen molar-refractivity contribution in [3.8, 4) is 5.75 Å². The van der Waals surface area contributed by atoms with Crippen molar-refractivity contribution in [2.45, 2.75) is 24.3 Å². The topological polar surface area (TPSA) is 97.0 Å². The van der Waals surface area contributed by atoms with Crippen LogP contribution in [0.2, 0.25) is 5.02 Å². The molecule has 0 aromatic heterocycles. The zero-order valence-electron chi connectivity index (χ0n) is 18.6. The maximum Gasteiger partial charge on any atom is 0.241 e. The Labute approximate surface area is 200 Å². The Bertz CT molecular complexity index is 1010. The highest BCUT2D eigenvalue weighted by atomic mass is 35.5. The van der Waals surface area contributed by atoms with Crippen molar-refractivity contribution in [3.63, 3.8) is 0 Å². The van der Waals surface area contributed by atoms with Crippen LogP contribution in [-0.4, -0.2) is 71.3 Å². The molecule has 1 saturated heterocycles. The van der Waals surface area contributed by atoms with Crippen LogP contribution in [0, 0.1) is 0 Å². The van der Waals surface area contributed by atoms with E-state index in [-0.39, 0.29) is 22.2 Å². The zero-order chi connectivity index (χ0) is 23.7. The Hall–Kier alpha value is -2.17. The highest BCUT2D eigenvalue weighted by Gasteiger charge is 2.27. The summed E-state index contributed by atoms with van der Waals surface area (Å²) in [7, 11) is -4.00. The maximum atomic E-state index is 13.1. The minimum atomic E-state index is -4.00. The summed E-state index contributed by atoms with van der Waals surface area (Å²) >= 11 is 6.18. The van der Waals surface area contributed by atoms with Crippen molar-refractivity contribution < 1.29 is 22.7 Å². The second-order valence-corrected chi connectivity index (χ2v) is 9.76. The molecule has 8 nitrogen and oxygen atoms in total. The van der Waals surface area contributed by atoms with Crippen LogP contribution in [-0.2, 0) is 26.0 Å². The first kappa shape index (κ1) is 25.5. The van der Waals surface area contributed by atoms with Crippen molar-refractivity contribution in [1.29, 1.82) is 0 Å². The van der Waals surface area contributed by atoms with E-state index in [4.69, 9.17) is 21.1 Å². The molecule has 10 heteroatoms. The average molecular weight is 496 g/mol. The SMILES string of the molecule is CCOc1ccc(S(=O)(=O)N[C@H](Cc2ccccc2)C(=O)NCCN2CCOCC2)cc1Cl. The molecule has 0 unspecified atom stereocenters. The predicted octanol–water partition coefficient (Wildman–Crippen LogP) is 2.08. The van der Waals surface area contributed by atoms with E-state index in [1.807, 2.05) is 37.3 Å². The van der Waals surface area contributed by atoms with Crippen LogP contribution in [0.15, 0.2) is 53.4 Å². The molecule has 1 aliphatic rings. The standard InChI is InChI=1S/C23H30ClN3O5S/c1-2-32-22-9-8-19(17-20(22)24)33(29,30)26-21(16-18-6-4-3-5-7-18)23(28)25-10-11-27-12-14-31-15-13-27/h3-9,17,21,26H,2,10-16H2,1H3,(H,25,28)/t21-/m1/s1. The third-order valence-electron chi connectivity index (χ3n) is 5.24. The van der Waals surface area contributed by atoms with Crippen LogP contribution in [0.5, 0.6) is 5.75 Å². The largest absolute Gasteiger partial charge is 0.492 e. The molecule has 180 valence electrons. The van der Waals surface area contributed by atoms with Crippen LogP contribution in [0.25, 0.3) is 0 Å². The molecule has 2 N–H and O–H groups in total. The number of ether oxygens (including phenoxy) is 2. The molecule has 3 rings (SSSR count). The number of halogens is 1. The number of morpholine rings is 1. The number of nitrogens with zero attached hydrogens (tertiary/aromatic N) is 1. The zero-order valence-corrected chi connectivity index (χ0v) is 20.2. The molecule has 0 spiro atoms. The first-order valence-corrected chi connectivity index (χ1v) is 12.8. The Balaban J connectivity index is 1.71. The second-order valence-electron chi connectivity index (χ2n) is 7.63. The third-order valence-corrected chi connectivity index (χ3v) is 7.01. The molecule has 1 fully saturated rings. The Morgan fingerprint density at radius 3 is 2.58 bits per heavy atom. The smallest absolute Gasteiger partial charge is 0.241 e. The van der Waals surface area contributed by atoms with Crippen LogP contribution < -0.4 is 14.8 Å². The van der Waals surface area contributed by atoms with Crippen LogP contribution in [0.3, 0.4) is 0 Å². The molecule has 2 aromatic carbocycles. The van der Waals surface area contributed by atoms with Crippen molar-refractivity contribution in [2.75, 3.05) is 46.0 Å². The molecule has 0 saturated carbocycles. The van der Waals surface area contributed by atoms with Gasteiger partial charge in [0.1, 0.15) is 11.8 Å². The number of hydrogen-bond donors (Lipinski definition) is 2. The Morgan fingerprint density at radius 1 is 1.18 bits per heavy atom. The quantitative estimate of drug-likeness (QED) is 0.495. The lowest BCUT2D eigenvalue weighted by Gasteiger charge is -2.27. The van der Waals surface area contributed by atoms with Crippen LogP contribution >= 0.6 is 11.6 Å². The number of benzene rings is 2. The van der Waals surface area contributed by atoms with Crippen molar-refractivity contribution in [1.82, 2.24) is 14.9 Å². The van der Waals surface area contributed by atoms with Gasteiger partial charge in [0.2, 0.25) is 15.9 Å². The van der Waals surface area contributed by atoms with Gasteiger partial charge in [-0.3, -0.25) is 9.69 Å². The minimum absolute atomic E-state index is 0.0323. The monoisotopic (exact) mass is 495 g/mol. The van der Waals surface area contributed by atoms with Gasteiger partial charge in [-0.2, -0.15) is 4.72 Å². The summed E-state index contributed by atoms with van der Waals surface area (Å²) in [6.07, 6.45) is 0.216. The minimum Gasteiger partial charge on any atom is -0.492 e. The Kier molecular flexibility index (Phi) is 9.52. The molecule has 1 atom stereocenters. The lowest BCUT2D eigenvalue weighted by Crippen LogP contribution is -2.49. The van der Waals surface area contributed by atoms with E-state index in [1.165, 1.54) is 18.2 Å². The fourth-order valence-corrected chi connectivity index (χ4v) is 5.02. The highest BCUT2D eigenvalue weighted by Crippen LogP contribution is 2.27. The summed E-state index contributed by atoms with van der Waals surface area (Å²) < 4.78 is 39.4. The van der Waals surface area contributed by atoms with E-state index in [0.29, 0.717) is 38.7 Å². The highest BCUT2D eigenvalue weighted by molar-refractivity contribution is 7.89. The number of rotatable bonds is 11. The van der Waals surface area contributed by atoms with Gasteiger partial charge in [-0.25, -0.2) is 8.42 Å². The van der Waals surface area contributed by atoms with E-state index < -0.39 is 16.1 Å². The van der Waals surface area contributed by atoms with E-state index in [2.05, 4.69) is 14.9 Å². The molecule has 0 radical (unpaired) electrons. The number of nitrogens with one attached hydrogen (secondary N) is 2. The summed E-state index contributed by atoms with van der Waals surface area (Å²) in [5.41, 5.74) is 0.846. The molecule has 2 aromatic rings. The van der Waals surface area contributed by atoms with Crippen LogP contribution in [0.4, 0.5) is 0 Å². The van der Waals surface area contributed by atoms with E-state index in [1.54, 1.807) is 0 Å². The van der Waals surface area contributed by atoms with Crippen LogP contribution in [0.1, 0.15) is 12.5 Å². The predicted molar refractivity (Wildman–Crippen MR) is 127 cm³/mol. The van der Waals surface area contributed by atoms with E-state index in [0.717, 1.165) is 18.7 Å². The third kappa shape index (κ3) is 7.68. The van der Waals surface area contributed by atoms with Gasteiger partial charge in [0.05, 0.1) is 29.7 Å². The molecular formula is C23H30ClN3O5S. The van der Waals surface area contributed by atoms with Gasteiger partial charge in [0.15, 0.2) is 0 Å². The molecule has 1 heterocycles. The number of amides is 1. The number of carbonyl (C=O) groups excluding carboxylic acids is 1. The summed E-state index contributed by atoms with van der Waals surface area (Å²) in [5.74, 6) is 0.0209. The number of sulfonamides is 1. The lowest BCUT2D eigenvalue weighted by atomic mass is 10.1.